The van der Waals surface area contributed by atoms with Gasteiger partial charge in [-0.3, -0.25) is 4.79 Å². The van der Waals surface area contributed by atoms with Gasteiger partial charge in [0.1, 0.15) is 17.8 Å². The van der Waals surface area contributed by atoms with E-state index >= 15 is 0 Å². The highest BCUT2D eigenvalue weighted by molar-refractivity contribution is 7.98. The van der Waals surface area contributed by atoms with Gasteiger partial charge >= 0.3 is 0 Å². The summed E-state index contributed by atoms with van der Waals surface area (Å²) in [5, 5.41) is 29.0. The van der Waals surface area contributed by atoms with Crippen LogP contribution in [-0.4, -0.2) is 25.1 Å². The molecular formula is C21H17ClN4O4S. The standard InChI is InChI=1S/C21H17ClN4O4S/c22-15-6-3-5-13(8-15)20-24-25-21(31-12-16-9-18(28)19(29)11-30-16)26(20)23-10-14-4-1-2-7-17(14)27/h1-9,11,23,27,29H,10,12H2. The second-order valence-corrected chi connectivity index (χ2v) is 7.88. The summed E-state index contributed by atoms with van der Waals surface area (Å²) in [6.07, 6.45) is 1.01. The van der Waals surface area contributed by atoms with Gasteiger partial charge in [0.15, 0.2) is 11.6 Å². The lowest BCUT2D eigenvalue weighted by Gasteiger charge is -2.13. The van der Waals surface area contributed by atoms with E-state index in [1.54, 1.807) is 28.9 Å². The van der Waals surface area contributed by atoms with E-state index in [1.807, 2.05) is 24.3 Å². The van der Waals surface area contributed by atoms with E-state index in [0.717, 1.165) is 11.8 Å². The van der Waals surface area contributed by atoms with Gasteiger partial charge in [0.05, 0.1) is 12.3 Å². The number of thioether (sulfide) groups is 1. The second kappa shape index (κ2) is 9.15. The maximum absolute atomic E-state index is 11.6. The van der Waals surface area contributed by atoms with Gasteiger partial charge < -0.3 is 20.1 Å². The van der Waals surface area contributed by atoms with Gasteiger partial charge in [0.2, 0.25) is 10.6 Å². The number of nitrogens with one attached hydrogen (secondary N) is 1. The maximum Gasteiger partial charge on any atom is 0.226 e. The highest BCUT2D eigenvalue weighted by atomic mass is 35.5. The number of hydrogen-bond acceptors (Lipinski definition) is 8. The number of phenolic OH excluding ortho intramolecular Hbond substituents is 1. The van der Waals surface area contributed by atoms with Gasteiger partial charge in [-0.05, 0) is 18.2 Å². The molecule has 0 aliphatic rings. The van der Waals surface area contributed by atoms with Crippen molar-refractivity contribution >= 4 is 23.4 Å². The minimum atomic E-state index is -0.513. The van der Waals surface area contributed by atoms with Crippen molar-refractivity contribution in [2.24, 2.45) is 0 Å². The number of phenols is 1. The van der Waals surface area contributed by atoms with E-state index in [4.69, 9.17) is 16.0 Å². The van der Waals surface area contributed by atoms with E-state index < -0.39 is 11.2 Å². The van der Waals surface area contributed by atoms with Crippen LogP contribution in [0.2, 0.25) is 5.02 Å². The molecular weight excluding hydrogens is 440 g/mol. The minimum absolute atomic E-state index is 0.174. The van der Waals surface area contributed by atoms with Gasteiger partial charge in [-0.1, -0.05) is 53.7 Å². The molecule has 158 valence electrons. The molecule has 31 heavy (non-hydrogen) atoms. The molecule has 0 saturated heterocycles. The Balaban J connectivity index is 1.63. The van der Waals surface area contributed by atoms with Crippen LogP contribution in [-0.2, 0) is 12.3 Å². The Bertz CT molecular complexity index is 1270. The van der Waals surface area contributed by atoms with Crippen molar-refractivity contribution in [2.75, 3.05) is 5.43 Å². The lowest BCUT2D eigenvalue weighted by Crippen LogP contribution is -2.17. The van der Waals surface area contributed by atoms with E-state index in [-0.39, 0.29) is 5.75 Å². The van der Waals surface area contributed by atoms with Crippen LogP contribution in [0, 0.1) is 0 Å². The molecule has 2 aromatic carbocycles. The summed E-state index contributed by atoms with van der Waals surface area (Å²) in [6.45, 7) is 0.320. The van der Waals surface area contributed by atoms with E-state index in [0.29, 0.717) is 39.6 Å². The molecule has 2 aromatic heterocycles. The van der Waals surface area contributed by atoms with Crippen molar-refractivity contribution < 1.29 is 14.6 Å². The normalized spacial score (nSPS) is 10.9. The first kappa shape index (κ1) is 20.8. The molecule has 0 aliphatic carbocycles. The topological polar surface area (TPSA) is 113 Å². The van der Waals surface area contributed by atoms with E-state index in [9.17, 15) is 15.0 Å². The van der Waals surface area contributed by atoms with Gasteiger partial charge in [-0.25, -0.2) is 4.68 Å². The summed E-state index contributed by atoms with van der Waals surface area (Å²) in [5.41, 5.74) is 4.18. The fourth-order valence-corrected chi connectivity index (χ4v) is 3.79. The van der Waals surface area contributed by atoms with Gasteiger partial charge in [0, 0.05) is 22.2 Å². The average Bonchev–Trinajstić information content (AvgIpc) is 3.17. The third-order valence-corrected chi connectivity index (χ3v) is 5.53. The zero-order valence-electron chi connectivity index (χ0n) is 16.0. The number of benzene rings is 2. The van der Waals surface area contributed by atoms with Crippen molar-refractivity contribution in [1.29, 1.82) is 0 Å². The molecule has 10 heteroatoms. The van der Waals surface area contributed by atoms with Gasteiger partial charge in [-0.15, -0.1) is 10.2 Å². The fraction of sp³-hybridized carbons (Fsp3) is 0.0952. The van der Waals surface area contributed by atoms with Crippen LogP contribution in [0.25, 0.3) is 11.4 Å². The molecule has 0 saturated carbocycles. The van der Waals surface area contributed by atoms with Crippen LogP contribution in [0.4, 0.5) is 0 Å². The largest absolute Gasteiger partial charge is 0.508 e. The van der Waals surface area contributed by atoms with Gasteiger partial charge in [0.25, 0.3) is 0 Å². The Morgan fingerprint density at radius 2 is 1.90 bits per heavy atom. The summed E-state index contributed by atoms with van der Waals surface area (Å²) in [6, 6.07) is 15.5. The third kappa shape index (κ3) is 4.84. The molecule has 0 unspecified atom stereocenters. The fourth-order valence-electron chi connectivity index (χ4n) is 2.80. The molecule has 0 spiro atoms. The first-order valence-corrected chi connectivity index (χ1v) is 10.5. The number of halogens is 1. The van der Waals surface area contributed by atoms with E-state index in [2.05, 4.69) is 15.6 Å². The third-order valence-electron chi connectivity index (χ3n) is 4.35. The predicted octanol–water partition coefficient (Wildman–Crippen LogP) is 4.00. The Hall–Kier alpha value is -3.43. The number of para-hydroxylation sites is 1. The molecule has 2 heterocycles. The Morgan fingerprint density at radius 1 is 1.06 bits per heavy atom. The van der Waals surface area contributed by atoms with Crippen molar-refractivity contribution in [3.63, 3.8) is 0 Å². The number of aromatic hydroxyl groups is 2. The summed E-state index contributed by atoms with van der Waals surface area (Å²) in [5.74, 6) is 0.943. The Labute approximate surface area is 186 Å². The first-order chi connectivity index (χ1) is 15.0. The van der Waals surface area contributed by atoms with Crippen molar-refractivity contribution in [1.82, 2.24) is 14.9 Å². The van der Waals surface area contributed by atoms with Crippen LogP contribution in [0.3, 0.4) is 0 Å². The molecule has 8 nitrogen and oxygen atoms in total. The summed E-state index contributed by atoms with van der Waals surface area (Å²) < 4.78 is 6.95. The lowest BCUT2D eigenvalue weighted by molar-refractivity contribution is 0.419. The Kier molecular flexibility index (Phi) is 6.15. The maximum atomic E-state index is 11.6. The molecule has 0 atom stereocenters. The van der Waals surface area contributed by atoms with E-state index in [1.165, 1.54) is 17.8 Å². The van der Waals surface area contributed by atoms with Crippen LogP contribution >= 0.6 is 23.4 Å². The van der Waals surface area contributed by atoms with Crippen molar-refractivity contribution in [3.05, 3.63) is 87.4 Å². The quantitative estimate of drug-likeness (QED) is 0.357. The number of nitrogens with zero attached hydrogens (tertiary/aromatic N) is 3. The molecule has 3 N–H and O–H groups in total. The van der Waals surface area contributed by atoms with Gasteiger partial charge in [-0.2, -0.15) is 0 Å². The SMILES string of the molecule is O=c1cc(CSc2nnc(-c3cccc(Cl)c3)n2NCc2ccccc2O)occ1O. The smallest absolute Gasteiger partial charge is 0.226 e. The minimum Gasteiger partial charge on any atom is -0.508 e. The molecule has 4 aromatic rings. The second-order valence-electron chi connectivity index (χ2n) is 6.50. The highest BCUT2D eigenvalue weighted by Gasteiger charge is 2.16. The number of rotatable bonds is 7. The lowest BCUT2D eigenvalue weighted by atomic mass is 10.2. The molecule has 0 radical (unpaired) electrons. The average molecular weight is 457 g/mol. The molecule has 0 bridgehead atoms. The van der Waals surface area contributed by atoms with Crippen LogP contribution in [0.5, 0.6) is 11.5 Å². The van der Waals surface area contributed by atoms with Crippen molar-refractivity contribution in [2.45, 2.75) is 17.5 Å². The summed E-state index contributed by atoms with van der Waals surface area (Å²) >= 11 is 7.43. The number of hydrogen-bond donors (Lipinski definition) is 3. The van der Waals surface area contributed by atoms with Crippen LogP contribution in [0.15, 0.2) is 75.2 Å². The zero-order chi connectivity index (χ0) is 21.8. The molecule has 0 amide bonds. The van der Waals surface area contributed by atoms with Crippen LogP contribution in [0.1, 0.15) is 11.3 Å². The summed E-state index contributed by atoms with van der Waals surface area (Å²) in [7, 11) is 0. The summed E-state index contributed by atoms with van der Waals surface area (Å²) in [4.78, 5) is 11.6. The van der Waals surface area contributed by atoms with Crippen molar-refractivity contribution in [3.8, 4) is 22.9 Å². The first-order valence-electron chi connectivity index (χ1n) is 9.17. The van der Waals surface area contributed by atoms with Crippen LogP contribution < -0.4 is 10.9 Å². The predicted molar refractivity (Wildman–Crippen MR) is 118 cm³/mol. The number of aromatic nitrogens is 3. The molecule has 0 fully saturated rings. The molecule has 0 aliphatic heterocycles. The molecule has 4 rings (SSSR count). The Morgan fingerprint density at radius 3 is 2.68 bits per heavy atom. The highest BCUT2D eigenvalue weighted by Crippen LogP contribution is 2.27. The zero-order valence-corrected chi connectivity index (χ0v) is 17.6. The monoisotopic (exact) mass is 456 g/mol.